The van der Waals surface area contributed by atoms with Crippen molar-refractivity contribution in [2.24, 2.45) is 0 Å². The molecule has 0 unspecified atom stereocenters. The molecule has 0 fully saturated rings. The first-order valence-corrected chi connectivity index (χ1v) is 10.2. The molecule has 2 heterocycles. The molecule has 27 heavy (non-hydrogen) atoms. The van der Waals surface area contributed by atoms with E-state index in [1.807, 2.05) is 24.0 Å². The molecule has 0 bridgehead atoms. The fourth-order valence-corrected chi connectivity index (χ4v) is 4.61. The van der Waals surface area contributed by atoms with Gasteiger partial charge in [-0.15, -0.1) is 17.9 Å². The maximum Gasteiger partial charge on any atom is 0.243 e. The van der Waals surface area contributed by atoms with E-state index in [4.69, 9.17) is 0 Å². The SMILES string of the molecule is C=CCN(CC(=O)N1CCc2sccc2[C@H]1c1ccccc1C)C(=O)CC. The third-order valence-electron chi connectivity index (χ3n) is 5.10. The van der Waals surface area contributed by atoms with Gasteiger partial charge in [-0.2, -0.15) is 0 Å². The van der Waals surface area contributed by atoms with Crippen molar-refractivity contribution >= 4 is 23.2 Å². The highest BCUT2D eigenvalue weighted by Gasteiger charge is 2.34. The number of nitrogens with zero attached hydrogens (tertiary/aromatic N) is 2. The Labute approximate surface area is 165 Å². The summed E-state index contributed by atoms with van der Waals surface area (Å²) in [5.74, 6) is -0.0346. The van der Waals surface area contributed by atoms with Crippen LogP contribution in [0, 0.1) is 6.92 Å². The van der Waals surface area contributed by atoms with Crippen molar-refractivity contribution in [3.05, 3.63) is 69.9 Å². The molecule has 2 aromatic rings. The van der Waals surface area contributed by atoms with Gasteiger partial charge in [-0.05, 0) is 41.5 Å². The van der Waals surface area contributed by atoms with Gasteiger partial charge < -0.3 is 9.80 Å². The zero-order valence-electron chi connectivity index (χ0n) is 16.0. The van der Waals surface area contributed by atoms with Crippen LogP contribution in [-0.2, 0) is 16.0 Å². The maximum atomic E-state index is 13.2. The first kappa shape index (κ1) is 19.4. The quantitative estimate of drug-likeness (QED) is 0.710. The number of thiophene rings is 1. The number of rotatable bonds is 6. The first-order chi connectivity index (χ1) is 13.1. The monoisotopic (exact) mass is 382 g/mol. The molecule has 1 atom stereocenters. The highest BCUT2D eigenvalue weighted by atomic mass is 32.1. The molecule has 0 N–H and O–H groups in total. The van der Waals surface area contributed by atoms with Crippen LogP contribution < -0.4 is 0 Å². The Hall–Kier alpha value is -2.40. The largest absolute Gasteiger partial charge is 0.330 e. The Morgan fingerprint density at radius 2 is 2.07 bits per heavy atom. The number of aryl methyl sites for hydroxylation is 1. The van der Waals surface area contributed by atoms with E-state index in [1.165, 1.54) is 16.0 Å². The van der Waals surface area contributed by atoms with Crippen LogP contribution in [0.4, 0.5) is 0 Å². The van der Waals surface area contributed by atoms with Gasteiger partial charge in [0.1, 0.15) is 6.54 Å². The summed E-state index contributed by atoms with van der Waals surface area (Å²) in [6, 6.07) is 10.3. The number of benzene rings is 1. The Bertz CT molecular complexity index is 842. The van der Waals surface area contributed by atoms with E-state index in [-0.39, 0.29) is 24.4 Å². The summed E-state index contributed by atoms with van der Waals surface area (Å²) in [4.78, 5) is 30.3. The van der Waals surface area contributed by atoms with Gasteiger partial charge in [0, 0.05) is 24.4 Å². The summed E-state index contributed by atoms with van der Waals surface area (Å²) in [5, 5.41) is 2.11. The molecule has 1 aliphatic heterocycles. The van der Waals surface area contributed by atoms with Gasteiger partial charge in [-0.25, -0.2) is 0 Å². The zero-order valence-corrected chi connectivity index (χ0v) is 16.8. The number of amides is 2. The van der Waals surface area contributed by atoms with E-state index in [1.54, 1.807) is 22.3 Å². The standard InChI is InChI=1S/C22H26N2O2S/c1-4-12-23(20(25)5-2)15-21(26)24-13-10-19-18(11-14-27-19)22(24)17-9-7-6-8-16(17)3/h4,6-9,11,14,22H,1,5,10,12-13,15H2,2-3H3/t22-/m1/s1. The second kappa shape index (κ2) is 8.53. The van der Waals surface area contributed by atoms with Crippen LogP contribution in [0.3, 0.4) is 0 Å². The molecule has 0 spiro atoms. The van der Waals surface area contributed by atoms with Crippen molar-refractivity contribution in [2.45, 2.75) is 32.7 Å². The van der Waals surface area contributed by atoms with Crippen LogP contribution in [0.1, 0.15) is 41.0 Å². The predicted molar refractivity (Wildman–Crippen MR) is 110 cm³/mol. The second-order valence-electron chi connectivity index (χ2n) is 6.81. The number of hydrogen-bond donors (Lipinski definition) is 0. The van der Waals surface area contributed by atoms with Crippen LogP contribution in [0.5, 0.6) is 0 Å². The van der Waals surface area contributed by atoms with E-state index in [9.17, 15) is 9.59 Å². The number of fused-ring (bicyclic) bond motifs is 1. The molecule has 1 aromatic carbocycles. The lowest BCUT2D eigenvalue weighted by molar-refractivity contribution is -0.141. The molecule has 1 aromatic heterocycles. The third-order valence-corrected chi connectivity index (χ3v) is 6.10. The van der Waals surface area contributed by atoms with Crippen LogP contribution in [-0.4, -0.2) is 41.2 Å². The summed E-state index contributed by atoms with van der Waals surface area (Å²) >= 11 is 1.76. The van der Waals surface area contributed by atoms with Crippen LogP contribution in [0.15, 0.2) is 48.4 Å². The molecule has 2 amide bonds. The average Bonchev–Trinajstić information content (AvgIpc) is 3.15. The number of hydrogen-bond acceptors (Lipinski definition) is 3. The van der Waals surface area contributed by atoms with Gasteiger partial charge >= 0.3 is 0 Å². The summed E-state index contributed by atoms with van der Waals surface area (Å²) in [7, 11) is 0. The van der Waals surface area contributed by atoms with Gasteiger partial charge in [0.2, 0.25) is 11.8 Å². The fourth-order valence-electron chi connectivity index (χ4n) is 3.70. The lowest BCUT2D eigenvalue weighted by Gasteiger charge is -2.38. The second-order valence-corrected chi connectivity index (χ2v) is 7.81. The topological polar surface area (TPSA) is 40.6 Å². The minimum absolute atomic E-state index is 0.0104. The van der Waals surface area contributed by atoms with Crippen molar-refractivity contribution in [1.82, 2.24) is 9.80 Å². The van der Waals surface area contributed by atoms with Crippen molar-refractivity contribution in [2.75, 3.05) is 19.6 Å². The summed E-state index contributed by atoms with van der Waals surface area (Å²) < 4.78 is 0. The lowest BCUT2D eigenvalue weighted by atomic mass is 9.90. The van der Waals surface area contributed by atoms with E-state index >= 15 is 0 Å². The molecule has 3 rings (SSSR count). The number of carbonyl (C=O) groups excluding carboxylic acids is 2. The van der Waals surface area contributed by atoms with E-state index in [2.05, 4.69) is 37.1 Å². The molecule has 5 heteroatoms. The zero-order chi connectivity index (χ0) is 19.4. The smallest absolute Gasteiger partial charge is 0.243 e. The van der Waals surface area contributed by atoms with Crippen molar-refractivity contribution < 1.29 is 9.59 Å². The van der Waals surface area contributed by atoms with Crippen molar-refractivity contribution in [3.63, 3.8) is 0 Å². The van der Waals surface area contributed by atoms with E-state index < -0.39 is 0 Å². The minimum Gasteiger partial charge on any atom is -0.330 e. The molecule has 0 aliphatic carbocycles. The summed E-state index contributed by atoms with van der Waals surface area (Å²) in [5.41, 5.74) is 3.54. The first-order valence-electron chi connectivity index (χ1n) is 9.36. The third kappa shape index (κ3) is 3.98. The van der Waals surface area contributed by atoms with Crippen LogP contribution in [0.25, 0.3) is 0 Å². The Balaban J connectivity index is 1.93. The van der Waals surface area contributed by atoms with Gasteiger partial charge in [0.15, 0.2) is 0 Å². The fraction of sp³-hybridized carbons (Fsp3) is 0.364. The molecule has 0 saturated heterocycles. The molecular formula is C22H26N2O2S. The van der Waals surface area contributed by atoms with Crippen molar-refractivity contribution in [3.8, 4) is 0 Å². The highest BCUT2D eigenvalue weighted by molar-refractivity contribution is 7.10. The summed E-state index contributed by atoms with van der Waals surface area (Å²) in [6.07, 6.45) is 2.92. The summed E-state index contributed by atoms with van der Waals surface area (Å²) in [6.45, 7) is 8.79. The molecule has 142 valence electrons. The Kier molecular flexibility index (Phi) is 6.11. The molecular weight excluding hydrogens is 356 g/mol. The van der Waals surface area contributed by atoms with E-state index in [0.29, 0.717) is 19.5 Å². The van der Waals surface area contributed by atoms with E-state index in [0.717, 1.165) is 12.0 Å². The molecule has 4 nitrogen and oxygen atoms in total. The Morgan fingerprint density at radius 3 is 2.78 bits per heavy atom. The molecule has 1 aliphatic rings. The predicted octanol–water partition coefficient (Wildman–Crippen LogP) is 3.96. The number of carbonyl (C=O) groups is 2. The lowest BCUT2D eigenvalue weighted by Crippen LogP contribution is -2.46. The highest BCUT2D eigenvalue weighted by Crippen LogP contribution is 2.38. The van der Waals surface area contributed by atoms with Gasteiger partial charge in [0.05, 0.1) is 6.04 Å². The normalized spacial score (nSPS) is 15.9. The average molecular weight is 383 g/mol. The van der Waals surface area contributed by atoms with Gasteiger partial charge in [0.25, 0.3) is 0 Å². The van der Waals surface area contributed by atoms with Crippen LogP contribution in [0.2, 0.25) is 0 Å². The Morgan fingerprint density at radius 1 is 1.30 bits per heavy atom. The maximum absolute atomic E-state index is 13.2. The minimum atomic E-state index is -0.0870. The van der Waals surface area contributed by atoms with Crippen molar-refractivity contribution in [1.29, 1.82) is 0 Å². The molecule has 0 radical (unpaired) electrons. The van der Waals surface area contributed by atoms with Crippen LogP contribution >= 0.6 is 11.3 Å². The van der Waals surface area contributed by atoms with Gasteiger partial charge in [-0.1, -0.05) is 37.3 Å². The molecule has 0 saturated carbocycles. The van der Waals surface area contributed by atoms with Gasteiger partial charge in [-0.3, -0.25) is 9.59 Å².